The molecule has 118 valence electrons. The molecule has 1 saturated carbocycles. The van der Waals surface area contributed by atoms with Crippen LogP contribution < -0.4 is 10.2 Å². The predicted octanol–water partition coefficient (Wildman–Crippen LogP) is 3.77. The monoisotopic (exact) mass is 289 g/mol. The molecule has 1 atom stereocenters. The van der Waals surface area contributed by atoms with E-state index >= 15 is 0 Å². The second-order valence-electron chi connectivity index (χ2n) is 6.80. The van der Waals surface area contributed by atoms with Crippen LogP contribution in [0.3, 0.4) is 0 Å². The summed E-state index contributed by atoms with van der Waals surface area (Å²) in [7, 11) is 2.20. The quantitative estimate of drug-likeness (QED) is 0.789. The molecule has 1 fully saturated rings. The molecule has 0 aromatic carbocycles. The first kappa shape index (κ1) is 16.3. The number of hydrogen-bond donors (Lipinski definition) is 1. The molecule has 0 spiro atoms. The molecular weight excluding hydrogens is 258 g/mol. The summed E-state index contributed by atoms with van der Waals surface area (Å²) in [6.07, 6.45) is 4.97. The van der Waals surface area contributed by atoms with Crippen molar-refractivity contribution in [2.24, 2.45) is 5.92 Å². The van der Waals surface area contributed by atoms with E-state index < -0.39 is 0 Å². The number of nitrogens with zero attached hydrogens (tertiary/aromatic N) is 2. The smallest absolute Gasteiger partial charge is 0.129 e. The Bertz CT molecular complexity index is 452. The molecule has 1 aliphatic rings. The van der Waals surface area contributed by atoms with E-state index in [1.807, 2.05) is 0 Å². The van der Waals surface area contributed by atoms with Gasteiger partial charge >= 0.3 is 0 Å². The van der Waals surface area contributed by atoms with Gasteiger partial charge in [0.2, 0.25) is 0 Å². The summed E-state index contributed by atoms with van der Waals surface area (Å²) in [5.41, 5.74) is 2.58. The van der Waals surface area contributed by atoms with Crippen LogP contribution in [0.15, 0.2) is 12.1 Å². The lowest BCUT2D eigenvalue weighted by atomic mass is 10.1. The fourth-order valence-corrected chi connectivity index (χ4v) is 2.73. The van der Waals surface area contributed by atoms with Gasteiger partial charge in [0, 0.05) is 31.4 Å². The normalized spacial score (nSPS) is 16.3. The molecule has 1 N–H and O–H groups in total. The number of pyridine rings is 1. The molecule has 1 aliphatic carbocycles. The van der Waals surface area contributed by atoms with E-state index in [1.54, 1.807) is 0 Å². The molecule has 2 rings (SSSR count). The van der Waals surface area contributed by atoms with Crippen LogP contribution in [0.5, 0.6) is 0 Å². The maximum Gasteiger partial charge on any atom is 0.129 e. The van der Waals surface area contributed by atoms with Crippen LogP contribution in [-0.4, -0.2) is 24.1 Å². The highest BCUT2D eigenvalue weighted by molar-refractivity contribution is 5.43. The van der Waals surface area contributed by atoms with Gasteiger partial charge in [0.05, 0.1) is 0 Å². The third-order valence-electron chi connectivity index (χ3n) is 4.42. The molecule has 0 amide bonds. The van der Waals surface area contributed by atoms with E-state index in [1.165, 1.54) is 24.1 Å². The zero-order chi connectivity index (χ0) is 15.4. The number of aryl methyl sites for hydroxylation is 1. The van der Waals surface area contributed by atoms with Gasteiger partial charge in [0.15, 0.2) is 0 Å². The van der Waals surface area contributed by atoms with Gasteiger partial charge in [0.25, 0.3) is 0 Å². The molecule has 21 heavy (non-hydrogen) atoms. The second-order valence-corrected chi connectivity index (χ2v) is 6.80. The van der Waals surface area contributed by atoms with Gasteiger partial charge in [-0.15, -0.1) is 0 Å². The Balaban J connectivity index is 2.17. The number of nitrogens with one attached hydrogen (secondary N) is 1. The van der Waals surface area contributed by atoms with E-state index in [9.17, 15) is 0 Å². The van der Waals surface area contributed by atoms with E-state index in [4.69, 9.17) is 4.98 Å². The maximum atomic E-state index is 4.88. The van der Waals surface area contributed by atoms with Crippen LogP contribution in [0.2, 0.25) is 0 Å². The van der Waals surface area contributed by atoms with E-state index in [0.717, 1.165) is 31.1 Å². The van der Waals surface area contributed by atoms with Crippen molar-refractivity contribution in [2.75, 3.05) is 11.9 Å². The lowest BCUT2D eigenvalue weighted by Crippen LogP contribution is -2.31. The molecule has 1 aromatic heterocycles. The third kappa shape index (κ3) is 4.70. The Kier molecular flexibility index (Phi) is 5.63. The van der Waals surface area contributed by atoms with Crippen molar-refractivity contribution in [3.63, 3.8) is 0 Å². The first-order chi connectivity index (χ1) is 10.0. The van der Waals surface area contributed by atoms with Gasteiger partial charge < -0.3 is 10.2 Å². The van der Waals surface area contributed by atoms with Crippen LogP contribution in [0.25, 0.3) is 0 Å². The Morgan fingerprint density at radius 2 is 2.00 bits per heavy atom. The highest BCUT2D eigenvalue weighted by atomic mass is 15.2. The number of hydrogen-bond acceptors (Lipinski definition) is 3. The van der Waals surface area contributed by atoms with Crippen molar-refractivity contribution in [3.8, 4) is 0 Å². The molecule has 3 nitrogen and oxygen atoms in total. The molecule has 1 heterocycles. The Morgan fingerprint density at radius 1 is 1.29 bits per heavy atom. The fraction of sp³-hybridized carbons (Fsp3) is 0.722. The van der Waals surface area contributed by atoms with Gasteiger partial charge in [-0.3, -0.25) is 0 Å². The topological polar surface area (TPSA) is 28.2 Å². The average Bonchev–Trinajstić information content (AvgIpc) is 3.28. The van der Waals surface area contributed by atoms with Crippen LogP contribution in [0, 0.1) is 5.92 Å². The zero-order valence-corrected chi connectivity index (χ0v) is 14.3. The van der Waals surface area contributed by atoms with Crippen molar-refractivity contribution in [3.05, 3.63) is 23.4 Å². The summed E-state index contributed by atoms with van der Waals surface area (Å²) in [6, 6.07) is 5.63. The SMILES string of the molecule is CCCc1cc(CNC(C)C)cc(N(C)C(C)C2CC2)n1. The first-order valence-corrected chi connectivity index (χ1v) is 8.47. The summed E-state index contributed by atoms with van der Waals surface area (Å²) < 4.78 is 0. The standard InChI is InChI=1S/C18H31N3/c1-6-7-17-10-15(12-19-13(2)3)11-18(20-17)21(5)14(4)16-8-9-16/h10-11,13-14,16,19H,6-9,12H2,1-5H3. The number of anilines is 1. The van der Waals surface area contributed by atoms with Gasteiger partial charge in [-0.05, 0) is 49.8 Å². The lowest BCUT2D eigenvalue weighted by Gasteiger charge is -2.27. The van der Waals surface area contributed by atoms with Crippen LogP contribution in [0.1, 0.15) is 58.2 Å². The minimum atomic E-state index is 0.513. The van der Waals surface area contributed by atoms with E-state index in [2.05, 4.69) is 57.1 Å². The summed E-state index contributed by atoms with van der Waals surface area (Å²) >= 11 is 0. The molecule has 0 radical (unpaired) electrons. The van der Waals surface area contributed by atoms with Gasteiger partial charge in [-0.1, -0.05) is 27.2 Å². The molecule has 0 aliphatic heterocycles. The Morgan fingerprint density at radius 3 is 2.57 bits per heavy atom. The van der Waals surface area contributed by atoms with Crippen LogP contribution in [-0.2, 0) is 13.0 Å². The van der Waals surface area contributed by atoms with Gasteiger partial charge in [0.1, 0.15) is 5.82 Å². The molecule has 3 heteroatoms. The molecule has 1 aromatic rings. The van der Waals surface area contributed by atoms with Crippen LogP contribution >= 0.6 is 0 Å². The van der Waals surface area contributed by atoms with Crippen molar-refractivity contribution < 1.29 is 0 Å². The number of rotatable bonds is 8. The summed E-state index contributed by atoms with van der Waals surface area (Å²) in [5.74, 6) is 2.00. The van der Waals surface area contributed by atoms with E-state index in [0.29, 0.717) is 12.1 Å². The van der Waals surface area contributed by atoms with Gasteiger partial charge in [-0.2, -0.15) is 0 Å². The molecule has 1 unspecified atom stereocenters. The Hall–Kier alpha value is -1.09. The minimum Gasteiger partial charge on any atom is -0.357 e. The van der Waals surface area contributed by atoms with Crippen LogP contribution in [0.4, 0.5) is 5.82 Å². The van der Waals surface area contributed by atoms with Crippen molar-refractivity contribution >= 4 is 5.82 Å². The largest absolute Gasteiger partial charge is 0.357 e. The maximum absolute atomic E-state index is 4.88. The second kappa shape index (κ2) is 7.26. The Labute approximate surface area is 130 Å². The van der Waals surface area contributed by atoms with Crippen molar-refractivity contribution in [1.29, 1.82) is 0 Å². The van der Waals surface area contributed by atoms with Gasteiger partial charge in [-0.25, -0.2) is 4.98 Å². The summed E-state index contributed by atoms with van der Waals surface area (Å²) in [6.45, 7) is 9.86. The van der Waals surface area contributed by atoms with Crippen molar-refractivity contribution in [2.45, 2.75) is 72.0 Å². The molecule has 0 saturated heterocycles. The summed E-state index contributed by atoms with van der Waals surface area (Å²) in [4.78, 5) is 7.25. The highest BCUT2D eigenvalue weighted by Crippen LogP contribution is 2.36. The average molecular weight is 289 g/mol. The minimum absolute atomic E-state index is 0.513. The number of aromatic nitrogens is 1. The fourth-order valence-electron chi connectivity index (χ4n) is 2.73. The lowest BCUT2D eigenvalue weighted by molar-refractivity contribution is 0.584. The zero-order valence-electron chi connectivity index (χ0n) is 14.3. The van der Waals surface area contributed by atoms with E-state index in [-0.39, 0.29) is 0 Å². The first-order valence-electron chi connectivity index (χ1n) is 8.47. The third-order valence-corrected chi connectivity index (χ3v) is 4.42. The highest BCUT2D eigenvalue weighted by Gasteiger charge is 2.31. The summed E-state index contributed by atoms with van der Waals surface area (Å²) in [5, 5.41) is 3.52. The predicted molar refractivity (Wildman–Crippen MR) is 90.8 cm³/mol. The molecular formula is C18H31N3. The molecule has 0 bridgehead atoms. The van der Waals surface area contributed by atoms with Crippen molar-refractivity contribution in [1.82, 2.24) is 10.3 Å².